The Morgan fingerprint density at radius 3 is 2.87 bits per heavy atom. The summed E-state index contributed by atoms with van der Waals surface area (Å²) in [5, 5.41) is 9.40. The first-order chi connectivity index (χ1) is 7.15. The summed E-state index contributed by atoms with van der Waals surface area (Å²) in [5.74, 6) is -1.42. The molecule has 1 aromatic heterocycles. The monoisotopic (exact) mass is 207 g/mol. The maximum Gasteiger partial charge on any atom is 0.337 e. The van der Waals surface area contributed by atoms with Gasteiger partial charge in [0.15, 0.2) is 0 Å². The van der Waals surface area contributed by atoms with Crippen LogP contribution in [0.5, 0.6) is 0 Å². The zero-order valence-electron chi connectivity index (χ0n) is 8.20. The van der Waals surface area contributed by atoms with Crippen molar-refractivity contribution in [1.82, 2.24) is 4.57 Å². The van der Waals surface area contributed by atoms with Gasteiger partial charge in [0.1, 0.15) is 5.82 Å². The zero-order valence-corrected chi connectivity index (χ0v) is 8.20. The number of aromatic carboxylic acids is 1. The van der Waals surface area contributed by atoms with E-state index in [1.807, 2.05) is 6.92 Å². The van der Waals surface area contributed by atoms with E-state index in [0.29, 0.717) is 17.4 Å². The van der Waals surface area contributed by atoms with E-state index in [-0.39, 0.29) is 11.4 Å². The van der Waals surface area contributed by atoms with Gasteiger partial charge in [-0.25, -0.2) is 9.18 Å². The first-order valence-electron chi connectivity index (χ1n) is 4.65. The highest BCUT2D eigenvalue weighted by atomic mass is 19.1. The lowest BCUT2D eigenvalue weighted by atomic mass is 10.2. The third-order valence-corrected chi connectivity index (χ3v) is 2.42. The van der Waals surface area contributed by atoms with Crippen molar-refractivity contribution in [2.45, 2.75) is 13.5 Å². The van der Waals surface area contributed by atoms with Crippen LogP contribution < -0.4 is 0 Å². The third-order valence-electron chi connectivity index (χ3n) is 2.42. The van der Waals surface area contributed by atoms with Crippen LogP contribution in [0.25, 0.3) is 10.9 Å². The van der Waals surface area contributed by atoms with Crippen molar-refractivity contribution in [3.63, 3.8) is 0 Å². The molecular formula is C11H10FNO2. The minimum absolute atomic E-state index is 0.145. The number of nitrogens with zero attached hydrogens (tertiary/aromatic N) is 1. The summed E-state index contributed by atoms with van der Waals surface area (Å²) in [6.45, 7) is 2.39. The van der Waals surface area contributed by atoms with Crippen molar-refractivity contribution in [2.24, 2.45) is 0 Å². The second kappa shape index (κ2) is 3.38. The van der Waals surface area contributed by atoms with Gasteiger partial charge >= 0.3 is 5.97 Å². The average molecular weight is 207 g/mol. The molecule has 15 heavy (non-hydrogen) atoms. The molecule has 78 valence electrons. The van der Waals surface area contributed by atoms with E-state index < -0.39 is 5.97 Å². The zero-order chi connectivity index (χ0) is 11.0. The molecule has 0 aliphatic heterocycles. The van der Waals surface area contributed by atoms with Crippen LogP contribution in [-0.2, 0) is 6.54 Å². The maximum atomic E-state index is 13.5. The fraction of sp³-hybridized carbons (Fsp3) is 0.182. The highest BCUT2D eigenvalue weighted by Gasteiger charge is 2.15. The molecule has 0 bridgehead atoms. The summed E-state index contributed by atoms with van der Waals surface area (Å²) in [6.07, 6.45) is 1.47. The van der Waals surface area contributed by atoms with Gasteiger partial charge in [-0.3, -0.25) is 0 Å². The number of fused-ring (bicyclic) bond motifs is 1. The molecule has 0 saturated heterocycles. The molecule has 1 N–H and O–H groups in total. The van der Waals surface area contributed by atoms with Crippen LogP contribution >= 0.6 is 0 Å². The summed E-state index contributed by atoms with van der Waals surface area (Å²) in [7, 11) is 0. The molecule has 4 heteroatoms. The molecule has 0 spiro atoms. The van der Waals surface area contributed by atoms with Crippen LogP contribution in [0.2, 0.25) is 0 Å². The van der Waals surface area contributed by atoms with Crippen LogP contribution in [-0.4, -0.2) is 15.6 Å². The number of halogens is 1. The first kappa shape index (κ1) is 9.71. The van der Waals surface area contributed by atoms with E-state index in [9.17, 15) is 9.18 Å². The number of hydrogen-bond donors (Lipinski definition) is 1. The van der Waals surface area contributed by atoms with Gasteiger partial charge in [0.2, 0.25) is 0 Å². The van der Waals surface area contributed by atoms with Gasteiger partial charge in [-0.1, -0.05) is 12.1 Å². The molecule has 0 unspecified atom stereocenters. The second-order valence-electron chi connectivity index (χ2n) is 3.27. The lowest BCUT2D eigenvalue weighted by Gasteiger charge is -2.00. The van der Waals surface area contributed by atoms with Crippen LogP contribution in [0.1, 0.15) is 17.3 Å². The number of carboxylic acid groups (broad SMARTS) is 1. The number of aromatic nitrogens is 1. The predicted octanol–water partition coefficient (Wildman–Crippen LogP) is 2.50. The first-order valence-corrected chi connectivity index (χ1v) is 4.65. The van der Waals surface area contributed by atoms with Crippen molar-refractivity contribution >= 4 is 16.9 Å². The molecule has 0 amide bonds. The normalized spacial score (nSPS) is 10.8. The molecule has 1 heterocycles. The standard InChI is InChI=1S/C11H10FNO2/c1-2-13-6-8(11(14)15)7-4-3-5-9(12)10(7)13/h3-6H,2H2,1H3,(H,14,15). The van der Waals surface area contributed by atoms with E-state index >= 15 is 0 Å². The lowest BCUT2D eigenvalue weighted by Crippen LogP contribution is -1.94. The molecule has 0 aliphatic rings. The summed E-state index contributed by atoms with van der Waals surface area (Å²) in [5.41, 5.74) is 0.503. The van der Waals surface area contributed by atoms with Crippen molar-refractivity contribution in [2.75, 3.05) is 0 Å². The van der Waals surface area contributed by atoms with Gasteiger partial charge in [-0.15, -0.1) is 0 Å². The predicted molar refractivity (Wildman–Crippen MR) is 54.5 cm³/mol. The number of carboxylic acids is 1. The molecule has 0 aliphatic carbocycles. The van der Waals surface area contributed by atoms with Crippen LogP contribution in [0.15, 0.2) is 24.4 Å². The van der Waals surface area contributed by atoms with Crippen LogP contribution in [0.4, 0.5) is 4.39 Å². The number of para-hydroxylation sites is 1. The topological polar surface area (TPSA) is 42.2 Å². The Hall–Kier alpha value is -1.84. The molecule has 0 fully saturated rings. The van der Waals surface area contributed by atoms with Crippen LogP contribution in [0.3, 0.4) is 0 Å². The van der Waals surface area contributed by atoms with Gasteiger partial charge in [0.05, 0.1) is 11.1 Å². The molecule has 0 saturated carbocycles. The quantitative estimate of drug-likeness (QED) is 0.822. The number of benzene rings is 1. The molecule has 3 nitrogen and oxygen atoms in total. The maximum absolute atomic E-state index is 13.5. The molecule has 0 atom stereocenters. The van der Waals surface area contributed by atoms with Crippen molar-refractivity contribution in [3.8, 4) is 0 Å². The smallest absolute Gasteiger partial charge is 0.337 e. The second-order valence-corrected chi connectivity index (χ2v) is 3.27. The Morgan fingerprint density at radius 2 is 2.27 bits per heavy atom. The Balaban J connectivity index is 2.87. The fourth-order valence-electron chi connectivity index (χ4n) is 1.73. The highest BCUT2D eigenvalue weighted by molar-refractivity contribution is 6.03. The third kappa shape index (κ3) is 1.38. The van der Waals surface area contributed by atoms with Gasteiger partial charge < -0.3 is 9.67 Å². The fourth-order valence-corrected chi connectivity index (χ4v) is 1.73. The number of hydrogen-bond acceptors (Lipinski definition) is 1. The van der Waals surface area contributed by atoms with Gasteiger partial charge in [0.25, 0.3) is 0 Å². The Kier molecular flexibility index (Phi) is 2.19. The summed E-state index contributed by atoms with van der Waals surface area (Å²) < 4.78 is 15.1. The largest absolute Gasteiger partial charge is 0.478 e. The Bertz CT molecular complexity index is 531. The SMILES string of the molecule is CCn1cc(C(=O)O)c2cccc(F)c21. The number of aryl methyl sites for hydroxylation is 1. The molecule has 2 aromatic rings. The molecule has 2 rings (SSSR count). The lowest BCUT2D eigenvalue weighted by molar-refractivity contribution is 0.0699. The Morgan fingerprint density at radius 1 is 1.53 bits per heavy atom. The van der Waals surface area contributed by atoms with Crippen LogP contribution in [0, 0.1) is 5.82 Å². The average Bonchev–Trinajstić information content (AvgIpc) is 2.58. The van der Waals surface area contributed by atoms with E-state index in [2.05, 4.69) is 0 Å². The Labute approximate surface area is 85.7 Å². The highest BCUT2D eigenvalue weighted by Crippen LogP contribution is 2.23. The van der Waals surface area contributed by atoms with E-state index in [1.54, 1.807) is 10.6 Å². The van der Waals surface area contributed by atoms with E-state index in [0.717, 1.165) is 0 Å². The number of carbonyl (C=O) groups is 1. The molecule has 1 aromatic carbocycles. The van der Waals surface area contributed by atoms with Crippen molar-refractivity contribution in [3.05, 3.63) is 35.8 Å². The van der Waals surface area contributed by atoms with Gasteiger partial charge in [0, 0.05) is 18.1 Å². The molecule has 0 radical (unpaired) electrons. The van der Waals surface area contributed by atoms with Gasteiger partial charge in [-0.2, -0.15) is 0 Å². The van der Waals surface area contributed by atoms with Crippen molar-refractivity contribution < 1.29 is 14.3 Å². The minimum Gasteiger partial charge on any atom is -0.478 e. The van der Waals surface area contributed by atoms with E-state index in [4.69, 9.17) is 5.11 Å². The molecular weight excluding hydrogens is 197 g/mol. The number of rotatable bonds is 2. The van der Waals surface area contributed by atoms with Crippen molar-refractivity contribution in [1.29, 1.82) is 0 Å². The summed E-state index contributed by atoms with van der Waals surface area (Å²) in [4.78, 5) is 10.9. The minimum atomic E-state index is -1.03. The van der Waals surface area contributed by atoms with E-state index in [1.165, 1.54) is 18.3 Å². The summed E-state index contributed by atoms with van der Waals surface area (Å²) >= 11 is 0. The summed E-state index contributed by atoms with van der Waals surface area (Å²) in [6, 6.07) is 4.47. The van der Waals surface area contributed by atoms with Gasteiger partial charge in [-0.05, 0) is 13.0 Å².